The summed E-state index contributed by atoms with van der Waals surface area (Å²) < 4.78 is 0. The van der Waals surface area contributed by atoms with E-state index in [-0.39, 0.29) is 5.91 Å². The Morgan fingerprint density at radius 1 is 1.41 bits per heavy atom. The predicted octanol–water partition coefficient (Wildman–Crippen LogP) is 2.36. The summed E-state index contributed by atoms with van der Waals surface area (Å²) in [6.45, 7) is 4.86. The molecule has 0 aromatic heterocycles. The summed E-state index contributed by atoms with van der Waals surface area (Å²) in [6, 6.07) is 9.63. The largest absolute Gasteiger partial charge is 0.325 e. The first-order chi connectivity index (χ1) is 8.24. The van der Waals surface area contributed by atoms with Crippen molar-refractivity contribution in [2.45, 2.75) is 19.8 Å². The molecule has 0 unspecified atom stereocenters. The van der Waals surface area contributed by atoms with Gasteiger partial charge in [0.25, 0.3) is 0 Å². The van der Waals surface area contributed by atoms with Crippen molar-refractivity contribution in [2.75, 3.05) is 25.0 Å². The lowest BCUT2D eigenvalue weighted by atomic mass is 10.0. The first-order valence-electron chi connectivity index (χ1n) is 6.31. The number of carbonyl (C=O) groups excluding carboxylic acids is 1. The summed E-state index contributed by atoms with van der Waals surface area (Å²) in [6.07, 6.45) is 2.50. The molecule has 1 amide bonds. The molecule has 92 valence electrons. The molecule has 1 aliphatic heterocycles. The number of benzene rings is 1. The number of nitrogens with zero attached hydrogens (tertiary/aromatic N) is 1. The third-order valence-electron chi connectivity index (χ3n) is 3.17. The van der Waals surface area contributed by atoms with Crippen LogP contribution in [0.25, 0.3) is 0 Å². The summed E-state index contributed by atoms with van der Waals surface area (Å²) in [4.78, 5) is 14.1. The van der Waals surface area contributed by atoms with Gasteiger partial charge < -0.3 is 5.32 Å². The van der Waals surface area contributed by atoms with Gasteiger partial charge in [0.05, 0.1) is 6.54 Å². The van der Waals surface area contributed by atoms with Gasteiger partial charge in [-0.05, 0) is 37.4 Å². The van der Waals surface area contributed by atoms with E-state index in [1.807, 2.05) is 30.3 Å². The molecule has 0 radical (unpaired) electrons. The Morgan fingerprint density at radius 3 is 2.88 bits per heavy atom. The number of hydrogen-bond acceptors (Lipinski definition) is 2. The highest BCUT2D eigenvalue weighted by Crippen LogP contribution is 2.15. The Balaban J connectivity index is 1.81. The molecule has 1 saturated heterocycles. The number of carbonyl (C=O) groups is 1. The van der Waals surface area contributed by atoms with Crippen molar-refractivity contribution in [3.63, 3.8) is 0 Å². The van der Waals surface area contributed by atoms with Crippen LogP contribution >= 0.6 is 0 Å². The first kappa shape index (κ1) is 12.1. The number of para-hydroxylation sites is 1. The van der Waals surface area contributed by atoms with Gasteiger partial charge in [-0.2, -0.15) is 0 Å². The Hall–Kier alpha value is -1.35. The second-order valence-corrected chi connectivity index (χ2v) is 4.90. The molecule has 0 spiro atoms. The highest BCUT2D eigenvalue weighted by molar-refractivity contribution is 5.92. The minimum atomic E-state index is 0.0882. The minimum Gasteiger partial charge on any atom is -0.325 e. The van der Waals surface area contributed by atoms with E-state index in [1.165, 1.54) is 12.8 Å². The van der Waals surface area contributed by atoms with Crippen molar-refractivity contribution in [3.05, 3.63) is 30.3 Å². The van der Waals surface area contributed by atoms with Gasteiger partial charge in [-0.15, -0.1) is 0 Å². The molecule has 1 aromatic rings. The van der Waals surface area contributed by atoms with Crippen LogP contribution in [-0.2, 0) is 4.79 Å². The van der Waals surface area contributed by atoms with Crippen LogP contribution in [0.1, 0.15) is 19.8 Å². The lowest BCUT2D eigenvalue weighted by molar-refractivity contribution is -0.117. The predicted molar refractivity (Wildman–Crippen MR) is 69.9 cm³/mol. The van der Waals surface area contributed by atoms with Crippen LogP contribution in [0.15, 0.2) is 30.3 Å². The monoisotopic (exact) mass is 232 g/mol. The van der Waals surface area contributed by atoms with Gasteiger partial charge in [-0.1, -0.05) is 25.1 Å². The number of hydrogen-bond donors (Lipinski definition) is 1. The fraction of sp³-hybridized carbons (Fsp3) is 0.500. The fourth-order valence-electron chi connectivity index (χ4n) is 2.36. The van der Waals surface area contributed by atoms with Crippen molar-refractivity contribution in [1.29, 1.82) is 0 Å². The Labute approximate surface area is 103 Å². The van der Waals surface area contributed by atoms with Gasteiger partial charge in [0.2, 0.25) is 5.91 Å². The van der Waals surface area contributed by atoms with Gasteiger partial charge in [-0.25, -0.2) is 0 Å². The number of rotatable bonds is 3. The SMILES string of the molecule is C[C@@H]1CCCN(CC(=O)Nc2ccccc2)C1. The average Bonchev–Trinajstić information content (AvgIpc) is 2.30. The van der Waals surface area contributed by atoms with Crippen LogP contribution < -0.4 is 5.32 Å². The first-order valence-corrected chi connectivity index (χ1v) is 6.31. The van der Waals surface area contributed by atoms with Gasteiger partial charge in [0.15, 0.2) is 0 Å². The van der Waals surface area contributed by atoms with E-state index in [0.717, 1.165) is 18.8 Å². The topological polar surface area (TPSA) is 32.3 Å². The summed E-state index contributed by atoms with van der Waals surface area (Å²) in [5, 5.41) is 2.92. The van der Waals surface area contributed by atoms with Crippen molar-refractivity contribution >= 4 is 11.6 Å². The number of nitrogens with one attached hydrogen (secondary N) is 1. The highest BCUT2D eigenvalue weighted by Gasteiger charge is 2.18. The zero-order chi connectivity index (χ0) is 12.1. The summed E-state index contributed by atoms with van der Waals surface area (Å²) in [5.41, 5.74) is 0.877. The van der Waals surface area contributed by atoms with Crippen molar-refractivity contribution < 1.29 is 4.79 Å². The van der Waals surface area contributed by atoms with E-state index in [1.54, 1.807) is 0 Å². The zero-order valence-electron chi connectivity index (χ0n) is 10.4. The Morgan fingerprint density at radius 2 is 2.18 bits per heavy atom. The van der Waals surface area contributed by atoms with E-state index in [0.29, 0.717) is 12.5 Å². The standard InChI is InChI=1S/C14H20N2O/c1-12-6-5-9-16(10-12)11-14(17)15-13-7-3-2-4-8-13/h2-4,7-8,12H,5-6,9-11H2,1H3,(H,15,17)/t12-/m1/s1. The molecule has 3 heteroatoms. The maximum absolute atomic E-state index is 11.8. The quantitative estimate of drug-likeness (QED) is 0.867. The molecule has 3 nitrogen and oxygen atoms in total. The maximum atomic E-state index is 11.8. The molecule has 0 saturated carbocycles. The van der Waals surface area contributed by atoms with E-state index < -0.39 is 0 Å². The molecule has 1 fully saturated rings. The van der Waals surface area contributed by atoms with Gasteiger partial charge in [0, 0.05) is 12.2 Å². The number of piperidine rings is 1. The van der Waals surface area contributed by atoms with Crippen LogP contribution in [0.4, 0.5) is 5.69 Å². The van der Waals surface area contributed by atoms with Gasteiger partial charge >= 0.3 is 0 Å². The molecule has 1 heterocycles. The molecular weight excluding hydrogens is 212 g/mol. The third-order valence-corrected chi connectivity index (χ3v) is 3.17. The van der Waals surface area contributed by atoms with E-state index in [2.05, 4.69) is 17.1 Å². The minimum absolute atomic E-state index is 0.0882. The Bertz CT molecular complexity index is 364. The van der Waals surface area contributed by atoms with Crippen LogP contribution in [0, 0.1) is 5.92 Å². The third kappa shape index (κ3) is 3.86. The van der Waals surface area contributed by atoms with E-state index in [4.69, 9.17) is 0 Å². The summed E-state index contributed by atoms with van der Waals surface area (Å²) in [7, 11) is 0. The number of likely N-dealkylation sites (tertiary alicyclic amines) is 1. The van der Waals surface area contributed by atoms with Crippen LogP contribution in [0.5, 0.6) is 0 Å². The lowest BCUT2D eigenvalue weighted by Gasteiger charge is -2.30. The van der Waals surface area contributed by atoms with Crippen molar-refractivity contribution in [2.24, 2.45) is 5.92 Å². The summed E-state index contributed by atoms with van der Waals surface area (Å²) in [5.74, 6) is 0.804. The number of amides is 1. The highest BCUT2D eigenvalue weighted by atomic mass is 16.2. The molecule has 0 aliphatic carbocycles. The van der Waals surface area contributed by atoms with Crippen molar-refractivity contribution in [1.82, 2.24) is 4.90 Å². The molecule has 1 aliphatic rings. The second kappa shape index (κ2) is 5.82. The van der Waals surface area contributed by atoms with Gasteiger partial charge in [0.1, 0.15) is 0 Å². The molecule has 2 rings (SSSR count). The molecular formula is C14H20N2O. The smallest absolute Gasteiger partial charge is 0.238 e. The average molecular weight is 232 g/mol. The molecule has 1 aromatic carbocycles. The van der Waals surface area contributed by atoms with E-state index >= 15 is 0 Å². The fourth-order valence-corrected chi connectivity index (χ4v) is 2.36. The maximum Gasteiger partial charge on any atom is 0.238 e. The number of anilines is 1. The van der Waals surface area contributed by atoms with Crippen LogP contribution in [0.3, 0.4) is 0 Å². The van der Waals surface area contributed by atoms with Crippen molar-refractivity contribution in [3.8, 4) is 0 Å². The Kier molecular flexibility index (Phi) is 4.15. The van der Waals surface area contributed by atoms with Crippen LogP contribution in [0.2, 0.25) is 0 Å². The summed E-state index contributed by atoms with van der Waals surface area (Å²) >= 11 is 0. The molecule has 1 N–H and O–H groups in total. The van der Waals surface area contributed by atoms with Gasteiger partial charge in [-0.3, -0.25) is 9.69 Å². The molecule has 17 heavy (non-hydrogen) atoms. The van der Waals surface area contributed by atoms with E-state index in [9.17, 15) is 4.79 Å². The molecule has 0 bridgehead atoms. The normalized spacial score (nSPS) is 21.1. The zero-order valence-corrected chi connectivity index (χ0v) is 10.4. The lowest BCUT2D eigenvalue weighted by Crippen LogP contribution is -2.39. The second-order valence-electron chi connectivity index (χ2n) is 4.90. The molecule has 1 atom stereocenters. The van der Waals surface area contributed by atoms with Crippen LogP contribution in [-0.4, -0.2) is 30.4 Å².